The average Bonchev–Trinajstić information content (AvgIpc) is 3.11. The quantitative estimate of drug-likeness (QED) is 0.239. The number of nitrogens with zero attached hydrogens (tertiary/aromatic N) is 4. The van der Waals surface area contributed by atoms with Gasteiger partial charge in [0.1, 0.15) is 5.69 Å². The third kappa shape index (κ3) is 8.11. The Morgan fingerprint density at radius 1 is 1.15 bits per heavy atom. The van der Waals surface area contributed by atoms with Gasteiger partial charge in [-0.3, -0.25) is 9.98 Å². The van der Waals surface area contributed by atoms with Crippen LogP contribution in [0.4, 0.5) is 0 Å². The van der Waals surface area contributed by atoms with Crippen LogP contribution in [0, 0.1) is 0 Å². The van der Waals surface area contributed by atoms with Crippen molar-refractivity contribution in [2.24, 2.45) is 4.99 Å². The van der Waals surface area contributed by atoms with Crippen molar-refractivity contribution in [3.63, 3.8) is 0 Å². The lowest BCUT2D eigenvalue weighted by atomic mass is 10.2. The third-order valence-corrected chi connectivity index (χ3v) is 3.62. The van der Waals surface area contributed by atoms with Crippen LogP contribution < -0.4 is 10.6 Å². The topological polar surface area (TPSA) is 88.2 Å². The highest BCUT2D eigenvalue weighted by atomic mass is 127. The zero-order valence-electron chi connectivity index (χ0n) is 15.6. The summed E-state index contributed by atoms with van der Waals surface area (Å²) in [6.07, 6.45) is 7.25. The molecule has 7 nitrogen and oxygen atoms in total. The fourth-order valence-electron chi connectivity index (χ4n) is 2.31. The lowest BCUT2D eigenvalue weighted by molar-refractivity contribution is 0.421. The zero-order valence-corrected chi connectivity index (χ0v) is 17.9. The second-order valence-corrected chi connectivity index (χ2v) is 5.73. The number of pyridine rings is 1. The molecule has 0 atom stereocenters. The molecule has 0 bridgehead atoms. The van der Waals surface area contributed by atoms with Gasteiger partial charge in [-0.25, -0.2) is 0 Å². The van der Waals surface area contributed by atoms with Crippen molar-refractivity contribution in [1.82, 2.24) is 25.8 Å². The van der Waals surface area contributed by atoms with E-state index >= 15 is 0 Å². The molecule has 0 aromatic carbocycles. The summed E-state index contributed by atoms with van der Waals surface area (Å²) < 4.78 is 5.26. The second-order valence-electron chi connectivity index (χ2n) is 5.73. The minimum atomic E-state index is 0. The van der Waals surface area contributed by atoms with E-state index in [4.69, 9.17) is 4.52 Å². The number of hydrogen-bond acceptors (Lipinski definition) is 5. The molecule has 26 heavy (non-hydrogen) atoms. The number of rotatable bonds is 10. The second kappa shape index (κ2) is 13.5. The zero-order chi connectivity index (χ0) is 17.7. The van der Waals surface area contributed by atoms with E-state index in [2.05, 4.69) is 44.6 Å². The monoisotopic (exact) mass is 472 g/mol. The first-order valence-electron chi connectivity index (χ1n) is 9.09. The van der Waals surface area contributed by atoms with Crippen LogP contribution in [0.1, 0.15) is 45.4 Å². The van der Waals surface area contributed by atoms with Gasteiger partial charge in [-0.15, -0.1) is 24.0 Å². The van der Waals surface area contributed by atoms with E-state index in [1.165, 1.54) is 19.3 Å². The van der Waals surface area contributed by atoms with E-state index in [1.54, 1.807) is 6.20 Å². The van der Waals surface area contributed by atoms with Crippen LogP contribution in [0.3, 0.4) is 0 Å². The van der Waals surface area contributed by atoms with Crippen molar-refractivity contribution in [2.45, 2.75) is 46.0 Å². The molecular weight excluding hydrogens is 443 g/mol. The number of unbranched alkanes of at least 4 members (excludes halogenated alkanes) is 3. The maximum atomic E-state index is 5.26. The Hall–Kier alpha value is -1.71. The largest absolute Gasteiger partial charge is 0.357 e. The Morgan fingerprint density at radius 2 is 2.04 bits per heavy atom. The van der Waals surface area contributed by atoms with Gasteiger partial charge in [0, 0.05) is 32.3 Å². The van der Waals surface area contributed by atoms with Crippen LogP contribution in [-0.4, -0.2) is 40.7 Å². The summed E-state index contributed by atoms with van der Waals surface area (Å²) in [6, 6.07) is 5.60. The van der Waals surface area contributed by atoms with Gasteiger partial charge < -0.3 is 15.2 Å². The van der Waals surface area contributed by atoms with E-state index in [0.717, 1.165) is 25.5 Å². The van der Waals surface area contributed by atoms with Crippen molar-refractivity contribution in [1.29, 1.82) is 0 Å². The lowest BCUT2D eigenvalue weighted by Crippen LogP contribution is -2.38. The lowest BCUT2D eigenvalue weighted by Gasteiger charge is -2.10. The molecule has 0 saturated carbocycles. The molecule has 0 amide bonds. The fraction of sp³-hybridized carbons (Fsp3) is 0.556. The number of hydrogen-bond donors (Lipinski definition) is 2. The van der Waals surface area contributed by atoms with Gasteiger partial charge in [0.15, 0.2) is 11.8 Å². The number of guanidine groups is 1. The highest BCUT2D eigenvalue weighted by molar-refractivity contribution is 14.0. The average molecular weight is 472 g/mol. The summed E-state index contributed by atoms with van der Waals surface area (Å²) in [5.74, 6) is 1.95. The van der Waals surface area contributed by atoms with Gasteiger partial charge in [0.05, 0.1) is 0 Å². The summed E-state index contributed by atoms with van der Waals surface area (Å²) in [5, 5.41) is 10.6. The van der Waals surface area contributed by atoms with E-state index in [1.807, 2.05) is 18.2 Å². The maximum Gasteiger partial charge on any atom is 0.276 e. The summed E-state index contributed by atoms with van der Waals surface area (Å²) in [5.41, 5.74) is 0.691. The minimum absolute atomic E-state index is 0. The molecule has 2 aromatic heterocycles. The fourth-order valence-corrected chi connectivity index (χ4v) is 2.31. The standard InChI is InChI=1S/C18H28N6O.HI/c1-3-5-6-8-13-21-18(19-4-2)22-14-11-16-23-17(25-24-16)15-10-7-9-12-20-15;/h7,9-10,12H,3-6,8,11,13-14H2,1-2H3,(H2,19,21,22);1H. The molecule has 0 aliphatic rings. The van der Waals surface area contributed by atoms with E-state index < -0.39 is 0 Å². The minimum Gasteiger partial charge on any atom is -0.357 e. The van der Waals surface area contributed by atoms with Gasteiger partial charge in [0.2, 0.25) is 0 Å². The first-order valence-corrected chi connectivity index (χ1v) is 9.09. The van der Waals surface area contributed by atoms with Crippen molar-refractivity contribution < 1.29 is 4.52 Å². The van der Waals surface area contributed by atoms with Gasteiger partial charge >= 0.3 is 0 Å². The molecule has 0 aliphatic heterocycles. The summed E-state index contributed by atoms with van der Waals surface area (Å²) in [7, 11) is 0. The van der Waals surface area contributed by atoms with Crippen LogP contribution in [-0.2, 0) is 6.42 Å². The van der Waals surface area contributed by atoms with E-state index in [0.29, 0.717) is 30.4 Å². The molecule has 0 unspecified atom stereocenters. The molecule has 2 rings (SSSR count). The van der Waals surface area contributed by atoms with Crippen molar-refractivity contribution in [3.05, 3.63) is 30.2 Å². The third-order valence-electron chi connectivity index (χ3n) is 3.62. The molecule has 0 aliphatic carbocycles. The number of aromatic nitrogens is 3. The molecule has 0 saturated heterocycles. The Kier molecular flexibility index (Phi) is 11.6. The predicted octanol–water partition coefficient (Wildman–Crippen LogP) is 3.43. The summed E-state index contributed by atoms with van der Waals surface area (Å²) >= 11 is 0. The number of nitrogens with one attached hydrogen (secondary N) is 2. The van der Waals surface area contributed by atoms with E-state index in [-0.39, 0.29) is 24.0 Å². The maximum absolute atomic E-state index is 5.26. The van der Waals surface area contributed by atoms with Gasteiger partial charge in [-0.1, -0.05) is 37.4 Å². The van der Waals surface area contributed by atoms with Gasteiger partial charge in [-0.05, 0) is 25.5 Å². The Balaban J connectivity index is 0.00000338. The molecule has 2 N–H and O–H groups in total. The number of aliphatic imine (C=N–C) groups is 1. The summed E-state index contributed by atoms with van der Waals surface area (Å²) in [6.45, 7) is 6.66. The first-order chi connectivity index (χ1) is 12.3. The SMILES string of the molecule is CCCCCCN=C(NCC)NCCc1noc(-c2ccccn2)n1.I. The van der Waals surface area contributed by atoms with Crippen molar-refractivity contribution in [3.8, 4) is 11.6 Å². The Bertz CT molecular complexity index is 632. The Labute approximate surface area is 172 Å². The van der Waals surface area contributed by atoms with Crippen LogP contribution in [0.5, 0.6) is 0 Å². The Morgan fingerprint density at radius 3 is 2.77 bits per heavy atom. The molecule has 8 heteroatoms. The normalized spacial score (nSPS) is 11.1. The first kappa shape index (κ1) is 22.3. The van der Waals surface area contributed by atoms with E-state index in [9.17, 15) is 0 Å². The van der Waals surface area contributed by atoms with Gasteiger partial charge in [0.25, 0.3) is 5.89 Å². The number of halogens is 1. The molecule has 0 fully saturated rings. The predicted molar refractivity (Wildman–Crippen MR) is 115 cm³/mol. The summed E-state index contributed by atoms with van der Waals surface area (Å²) in [4.78, 5) is 13.2. The highest BCUT2D eigenvalue weighted by Gasteiger charge is 2.09. The molecule has 2 heterocycles. The smallest absolute Gasteiger partial charge is 0.276 e. The van der Waals surface area contributed by atoms with Crippen LogP contribution in [0.2, 0.25) is 0 Å². The molecule has 0 radical (unpaired) electrons. The van der Waals surface area contributed by atoms with Gasteiger partial charge in [-0.2, -0.15) is 4.98 Å². The van der Waals surface area contributed by atoms with Crippen LogP contribution in [0.25, 0.3) is 11.6 Å². The van der Waals surface area contributed by atoms with Crippen molar-refractivity contribution >= 4 is 29.9 Å². The molecular formula is C18H29IN6O. The molecule has 0 spiro atoms. The molecule has 144 valence electrons. The highest BCUT2D eigenvalue weighted by Crippen LogP contribution is 2.13. The van der Waals surface area contributed by atoms with Crippen molar-refractivity contribution in [2.75, 3.05) is 19.6 Å². The molecule has 2 aromatic rings. The van der Waals surface area contributed by atoms with Crippen LogP contribution in [0.15, 0.2) is 33.9 Å². The van der Waals surface area contributed by atoms with Crippen LogP contribution >= 0.6 is 24.0 Å².